The van der Waals surface area contributed by atoms with Crippen LogP contribution < -0.4 is 14.8 Å². The summed E-state index contributed by atoms with van der Waals surface area (Å²) in [5.74, 6) is 1.46. The summed E-state index contributed by atoms with van der Waals surface area (Å²) in [4.78, 5) is 3.79. The number of rotatable bonds is 4. The lowest BCUT2D eigenvalue weighted by Crippen LogP contribution is -1.91. The molecule has 1 aromatic carbocycles. The van der Waals surface area contributed by atoms with Gasteiger partial charge in [-0.15, -0.1) is 0 Å². The molecule has 1 N–H and O–H groups in total. The van der Waals surface area contributed by atoms with Crippen molar-refractivity contribution in [1.82, 2.24) is 5.32 Å². The van der Waals surface area contributed by atoms with Gasteiger partial charge in [0.1, 0.15) is 0 Å². The van der Waals surface area contributed by atoms with Gasteiger partial charge >= 0.3 is 0 Å². The van der Waals surface area contributed by atoms with Gasteiger partial charge < -0.3 is 14.8 Å². The zero-order valence-electron chi connectivity index (χ0n) is 10.4. The summed E-state index contributed by atoms with van der Waals surface area (Å²) in [6.07, 6.45) is 0. The number of nitrogens with one attached hydrogen (secondary N) is 1. The zero-order chi connectivity index (χ0) is 12.4. The number of nitrogens with zero attached hydrogens (tertiary/aromatic N) is 1. The Morgan fingerprint density at radius 1 is 1.19 bits per heavy atom. The Bertz CT molecular complexity index is 314. The number of ether oxygens (including phenoxy) is 2. The Balaban J connectivity index is 0.000000673. The second-order valence-electron chi connectivity index (χ2n) is 3.07. The summed E-state index contributed by atoms with van der Waals surface area (Å²) in [6.45, 7) is 4.03. The van der Waals surface area contributed by atoms with Gasteiger partial charge in [-0.3, -0.25) is 4.99 Å². The molecule has 0 spiro atoms. The van der Waals surface area contributed by atoms with E-state index in [1.54, 1.807) is 14.2 Å². The molecule has 0 radical (unpaired) electrons. The van der Waals surface area contributed by atoms with E-state index in [-0.39, 0.29) is 0 Å². The van der Waals surface area contributed by atoms with Gasteiger partial charge in [-0.05, 0) is 38.5 Å². The maximum absolute atomic E-state index is 5.14. The summed E-state index contributed by atoms with van der Waals surface area (Å²) in [6, 6.07) is 5.70. The van der Waals surface area contributed by atoms with Crippen LogP contribution in [0.15, 0.2) is 23.2 Å². The predicted octanol–water partition coefficient (Wildman–Crippen LogP) is 1.74. The van der Waals surface area contributed by atoms with Crippen LogP contribution in [-0.4, -0.2) is 35.0 Å². The first-order valence-corrected chi connectivity index (χ1v) is 4.95. The van der Waals surface area contributed by atoms with Crippen molar-refractivity contribution in [3.05, 3.63) is 23.8 Å². The minimum atomic E-state index is 0.598. The lowest BCUT2D eigenvalue weighted by molar-refractivity contribution is 0.354. The van der Waals surface area contributed by atoms with Gasteiger partial charge in [0.15, 0.2) is 11.5 Å². The molecule has 0 unspecified atom stereocenters. The Morgan fingerprint density at radius 2 is 1.75 bits per heavy atom. The molecule has 0 saturated carbocycles. The molecule has 0 bridgehead atoms. The van der Waals surface area contributed by atoms with Gasteiger partial charge in [0.05, 0.1) is 20.8 Å². The first kappa shape index (κ1) is 14.5. The fourth-order valence-corrected chi connectivity index (χ4v) is 1.11. The fourth-order valence-electron chi connectivity index (χ4n) is 1.11. The second-order valence-corrected chi connectivity index (χ2v) is 3.07. The lowest BCUT2D eigenvalue weighted by Gasteiger charge is -2.07. The molecule has 1 rings (SSSR count). The lowest BCUT2D eigenvalue weighted by atomic mass is 10.2. The van der Waals surface area contributed by atoms with E-state index >= 15 is 0 Å². The summed E-state index contributed by atoms with van der Waals surface area (Å²) in [7, 11) is 6.98. The molecule has 0 aromatic heterocycles. The molecule has 1 aromatic rings. The molecule has 16 heavy (non-hydrogen) atoms. The number of benzene rings is 1. The maximum atomic E-state index is 5.14. The summed E-state index contributed by atoms with van der Waals surface area (Å²) < 4.78 is 10.2. The van der Waals surface area contributed by atoms with E-state index in [1.165, 1.54) is 0 Å². The van der Waals surface area contributed by atoms with E-state index in [2.05, 4.69) is 17.0 Å². The van der Waals surface area contributed by atoms with Crippen molar-refractivity contribution in [2.45, 2.75) is 6.54 Å². The molecule has 0 aliphatic heterocycles. The van der Waals surface area contributed by atoms with Gasteiger partial charge in [-0.2, -0.15) is 0 Å². The van der Waals surface area contributed by atoms with Gasteiger partial charge in [0.25, 0.3) is 0 Å². The van der Waals surface area contributed by atoms with Crippen LogP contribution in [0.2, 0.25) is 0 Å². The molecular formula is C12H20N2O2. The second kappa shape index (κ2) is 8.73. The van der Waals surface area contributed by atoms with Crippen LogP contribution >= 0.6 is 0 Å². The highest BCUT2D eigenvalue weighted by molar-refractivity contribution is 5.43. The first-order valence-electron chi connectivity index (χ1n) is 4.95. The highest BCUT2D eigenvalue weighted by Gasteiger charge is 2.02. The Morgan fingerprint density at radius 3 is 2.19 bits per heavy atom. The molecule has 90 valence electrons. The normalized spacial score (nSPS) is 8.75. The maximum Gasteiger partial charge on any atom is 0.161 e. The number of hydrogen-bond acceptors (Lipinski definition) is 4. The SMILES string of the molecule is C=NCc1ccc(OC)c(OC)c1.CNC. The van der Waals surface area contributed by atoms with E-state index in [1.807, 2.05) is 32.3 Å². The van der Waals surface area contributed by atoms with E-state index in [0.717, 1.165) is 17.1 Å². The van der Waals surface area contributed by atoms with Crippen LogP contribution in [0.3, 0.4) is 0 Å². The number of hydrogen-bond donors (Lipinski definition) is 1. The van der Waals surface area contributed by atoms with Crippen molar-refractivity contribution < 1.29 is 9.47 Å². The van der Waals surface area contributed by atoms with E-state index < -0.39 is 0 Å². The van der Waals surface area contributed by atoms with Gasteiger partial charge in [-0.1, -0.05) is 6.07 Å². The van der Waals surface area contributed by atoms with Crippen LogP contribution in [-0.2, 0) is 6.54 Å². The third-order valence-corrected chi connectivity index (χ3v) is 1.74. The molecule has 0 saturated heterocycles. The van der Waals surface area contributed by atoms with E-state index in [0.29, 0.717) is 6.54 Å². The molecule has 4 heteroatoms. The van der Waals surface area contributed by atoms with Crippen molar-refractivity contribution in [2.75, 3.05) is 28.3 Å². The minimum Gasteiger partial charge on any atom is -0.493 e. The molecule has 0 amide bonds. The minimum absolute atomic E-state index is 0.598. The first-order chi connectivity index (χ1) is 7.73. The van der Waals surface area contributed by atoms with Crippen molar-refractivity contribution in [3.8, 4) is 11.5 Å². The molecule has 0 aliphatic carbocycles. The highest BCUT2D eigenvalue weighted by atomic mass is 16.5. The van der Waals surface area contributed by atoms with Crippen LogP contribution in [0, 0.1) is 0 Å². The van der Waals surface area contributed by atoms with Gasteiger partial charge in [-0.25, -0.2) is 0 Å². The van der Waals surface area contributed by atoms with Crippen molar-refractivity contribution in [2.24, 2.45) is 4.99 Å². The summed E-state index contributed by atoms with van der Waals surface area (Å²) >= 11 is 0. The standard InChI is InChI=1S/C10H13NO2.C2H7N/c1-11-7-8-4-5-9(12-2)10(6-8)13-3;1-3-2/h4-6H,1,7H2,2-3H3;3H,1-2H3. The van der Waals surface area contributed by atoms with Crippen molar-refractivity contribution in [3.63, 3.8) is 0 Å². The number of methoxy groups -OCH3 is 2. The predicted molar refractivity (Wildman–Crippen MR) is 67.8 cm³/mol. The molecule has 0 heterocycles. The average Bonchev–Trinajstić information content (AvgIpc) is 2.30. The molecule has 0 fully saturated rings. The zero-order valence-corrected chi connectivity index (χ0v) is 10.4. The molecular weight excluding hydrogens is 204 g/mol. The quantitative estimate of drug-likeness (QED) is 0.792. The monoisotopic (exact) mass is 224 g/mol. The van der Waals surface area contributed by atoms with Gasteiger partial charge in [0.2, 0.25) is 0 Å². The Kier molecular flexibility index (Phi) is 7.89. The smallest absolute Gasteiger partial charge is 0.161 e. The van der Waals surface area contributed by atoms with Crippen LogP contribution in [0.25, 0.3) is 0 Å². The van der Waals surface area contributed by atoms with Gasteiger partial charge in [0, 0.05) is 0 Å². The molecule has 0 aliphatic rings. The van der Waals surface area contributed by atoms with Crippen LogP contribution in [0.4, 0.5) is 0 Å². The Labute approximate surface area is 97.3 Å². The van der Waals surface area contributed by atoms with Crippen molar-refractivity contribution in [1.29, 1.82) is 0 Å². The summed E-state index contributed by atoms with van der Waals surface area (Å²) in [5, 5.41) is 2.75. The summed E-state index contributed by atoms with van der Waals surface area (Å²) in [5.41, 5.74) is 1.06. The largest absolute Gasteiger partial charge is 0.493 e. The van der Waals surface area contributed by atoms with E-state index in [4.69, 9.17) is 9.47 Å². The van der Waals surface area contributed by atoms with Crippen LogP contribution in [0.5, 0.6) is 11.5 Å². The third kappa shape index (κ3) is 4.79. The van der Waals surface area contributed by atoms with Crippen LogP contribution in [0.1, 0.15) is 5.56 Å². The highest BCUT2D eigenvalue weighted by Crippen LogP contribution is 2.27. The fraction of sp³-hybridized carbons (Fsp3) is 0.417. The van der Waals surface area contributed by atoms with Crippen molar-refractivity contribution >= 4 is 6.72 Å². The average molecular weight is 224 g/mol. The molecule has 4 nitrogen and oxygen atoms in total. The molecule has 0 atom stereocenters. The third-order valence-electron chi connectivity index (χ3n) is 1.74. The van der Waals surface area contributed by atoms with E-state index in [9.17, 15) is 0 Å². The number of aliphatic imine (C=N–C) groups is 1. The topological polar surface area (TPSA) is 42.9 Å². The Hall–Kier alpha value is -1.55.